The van der Waals surface area contributed by atoms with Gasteiger partial charge in [-0.05, 0) is 25.0 Å². The molecule has 3 rings (SSSR count). The molecule has 18 heavy (non-hydrogen) atoms. The van der Waals surface area contributed by atoms with Crippen molar-refractivity contribution in [2.45, 2.75) is 31.2 Å². The summed E-state index contributed by atoms with van der Waals surface area (Å²) in [6, 6.07) is 5.84. The fraction of sp³-hybridized carbons (Fsp3) is 0.500. The second-order valence-corrected chi connectivity index (χ2v) is 4.94. The van der Waals surface area contributed by atoms with E-state index >= 15 is 0 Å². The van der Waals surface area contributed by atoms with E-state index in [2.05, 4.69) is 5.32 Å². The summed E-state index contributed by atoms with van der Waals surface area (Å²) in [7, 11) is 1.64. The van der Waals surface area contributed by atoms with Crippen molar-refractivity contribution in [2.75, 3.05) is 13.7 Å². The van der Waals surface area contributed by atoms with Gasteiger partial charge in [-0.2, -0.15) is 0 Å². The highest BCUT2D eigenvalue weighted by Gasteiger charge is 2.41. The van der Waals surface area contributed by atoms with Gasteiger partial charge in [0, 0.05) is 24.5 Å². The lowest BCUT2D eigenvalue weighted by molar-refractivity contribution is -0.125. The van der Waals surface area contributed by atoms with Crippen molar-refractivity contribution in [2.24, 2.45) is 0 Å². The minimum absolute atomic E-state index is 0.143. The zero-order chi connectivity index (χ0) is 12.6. The van der Waals surface area contributed by atoms with Gasteiger partial charge in [-0.25, -0.2) is 0 Å². The number of hydrogen-bond donors (Lipinski definition) is 1. The summed E-state index contributed by atoms with van der Waals surface area (Å²) in [5.41, 5.74) is 0.859. The van der Waals surface area contributed by atoms with E-state index in [0.29, 0.717) is 13.0 Å². The average Bonchev–Trinajstić information content (AvgIpc) is 2.38. The van der Waals surface area contributed by atoms with Crippen molar-refractivity contribution in [3.05, 3.63) is 23.8 Å². The number of methoxy groups -OCH3 is 1. The Kier molecular flexibility index (Phi) is 2.65. The predicted molar refractivity (Wildman–Crippen MR) is 66.8 cm³/mol. The Bertz CT molecular complexity index is 486. The SMILES string of the molecule is COc1ccc2c(c1)OCCC21CCCC(=O)N1. The molecule has 1 aromatic carbocycles. The predicted octanol–water partition coefficient (Wildman–Crippen LogP) is 1.97. The third-order valence-electron chi connectivity index (χ3n) is 3.88. The molecule has 0 saturated carbocycles. The van der Waals surface area contributed by atoms with E-state index in [1.165, 1.54) is 0 Å². The lowest BCUT2D eigenvalue weighted by atomic mass is 9.78. The van der Waals surface area contributed by atoms with Crippen LogP contribution < -0.4 is 14.8 Å². The number of fused-ring (bicyclic) bond motifs is 2. The Hall–Kier alpha value is -1.71. The monoisotopic (exact) mass is 247 g/mol. The lowest BCUT2D eigenvalue weighted by Gasteiger charge is -2.42. The molecular weight excluding hydrogens is 230 g/mol. The number of benzene rings is 1. The highest BCUT2D eigenvalue weighted by Crippen LogP contribution is 2.43. The first-order valence-electron chi connectivity index (χ1n) is 6.36. The fourth-order valence-electron chi connectivity index (χ4n) is 2.95. The number of amides is 1. The van der Waals surface area contributed by atoms with Crippen molar-refractivity contribution < 1.29 is 14.3 Å². The van der Waals surface area contributed by atoms with Crippen LogP contribution in [0.2, 0.25) is 0 Å². The lowest BCUT2D eigenvalue weighted by Crippen LogP contribution is -2.51. The minimum atomic E-state index is -0.227. The van der Waals surface area contributed by atoms with E-state index in [1.807, 2.05) is 18.2 Å². The molecule has 1 N–H and O–H groups in total. The number of hydrogen-bond acceptors (Lipinski definition) is 3. The summed E-state index contributed by atoms with van der Waals surface area (Å²) in [5.74, 6) is 1.76. The molecule has 2 heterocycles. The van der Waals surface area contributed by atoms with Crippen molar-refractivity contribution in [1.29, 1.82) is 0 Å². The van der Waals surface area contributed by atoms with Crippen LogP contribution in [0.25, 0.3) is 0 Å². The number of rotatable bonds is 1. The highest BCUT2D eigenvalue weighted by atomic mass is 16.5. The zero-order valence-electron chi connectivity index (χ0n) is 10.5. The number of nitrogens with one attached hydrogen (secondary N) is 1. The Labute approximate surface area is 106 Å². The van der Waals surface area contributed by atoms with Gasteiger partial charge >= 0.3 is 0 Å². The Morgan fingerprint density at radius 3 is 3.06 bits per heavy atom. The molecule has 1 amide bonds. The van der Waals surface area contributed by atoms with Crippen molar-refractivity contribution in [3.8, 4) is 11.5 Å². The summed E-state index contributed by atoms with van der Waals surface area (Å²) in [6.07, 6.45) is 3.41. The van der Waals surface area contributed by atoms with Gasteiger partial charge < -0.3 is 14.8 Å². The van der Waals surface area contributed by atoms with Gasteiger partial charge in [-0.1, -0.05) is 0 Å². The fourth-order valence-corrected chi connectivity index (χ4v) is 2.95. The maximum Gasteiger partial charge on any atom is 0.220 e. The maximum atomic E-state index is 11.7. The van der Waals surface area contributed by atoms with Crippen LogP contribution >= 0.6 is 0 Å². The molecule has 96 valence electrons. The molecule has 0 bridgehead atoms. The standard InChI is InChI=1S/C14H17NO3/c1-17-10-4-5-11-12(9-10)18-8-7-14(11)6-2-3-13(16)15-14/h4-5,9H,2-3,6-8H2,1H3,(H,15,16). The van der Waals surface area contributed by atoms with E-state index < -0.39 is 0 Å². The summed E-state index contributed by atoms with van der Waals surface area (Å²) in [6.45, 7) is 0.639. The highest BCUT2D eigenvalue weighted by molar-refractivity contribution is 5.78. The van der Waals surface area contributed by atoms with E-state index in [-0.39, 0.29) is 11.4 Å². The molecule has 2 aliphatic rings. The summed E-state index contributed by atoms with van der Waals surface area (Å²) < 4.78 is 10.9. The number of piperidine rings is 1. The van der Waals surface area contributed by atoms with Crippen LogP contribution in [0.4, 0.5) is 0 Å². The smallest absolute Gasteiger partial charge is 0.220 e. The summed E-state index contributed by atoms with van der Waals surface area (Å²) in [4.78, 5) is 11.7. The number of carbonyl (C=O) groups is 1. The molecule has 2 aliphatic heterocycles. The molecule has 0 aromatic heterocycles. The normalized spacial score (nSPS) is 26.2. The average molecular weight is 247 g/mol. The Morgan fingerprint density at radius 2 is 2.28 bits per heavy atom. The van der Waals surface area contributed by atoms with Gasteiger partial charge in [0.25, 0.3) is 0 Å². The molecule has 1 saturated heterocycles. The molecule has 1 fully saturated rings. The second kappa shape index (κ2) is 4.19. The third kappa shape index (κ3) is 1.72. The van der Waals surface area contributed by atoms with Crippen LogP contribution in [-0.2, 0) is 10.3 Å². The number of ether oxygens (including phenoxy) is 2. The van der Waals surface area contributed by atoms with Crippen molar-refractivity contribution in [3.63, 3.8) is 0 Å². The van der Waals surface area contributed by atoms with Crippen LogP contribution in [0, 0.1) is 0 Å². The summed E-state index contributed by atoms with van der Waals surface area (Å²) in [5, 5.41) is 3.17. The van der Waals surface area contributed by atoms with Gasteiger partial charge in [0.2, 0.25) is 5.91 Å². The molecule has 0 radical (unpaired) electrons. The van der Waals surface area contributed by atoms with Crippen LogP contribution in [0.3, 0.4) is 0 Å². The third-order valence-corrected chi connectivity index (χ3v) is 3.88. The van der Waals surface area contributed by atoms with Gasteiger partial charge in [-0.15, -0.1) is 0 Å². The molecule has 1 unspecified atom stereocenters. The Balaban J connectivity index is 2.03. The largest absolute Gasteiger partial charge is 0.497 e. The van der Waals surface area contributed by atoms with E-state index in [1.54, 1.807) is 7.11 Å². The zero-order valence-corrected chi connectivity index (χ0v) is 10.5. The van der Waals surface area contributed by atoms with Crippen LogP contribution in [0.1, 0.15) is 31.2 Å². The quantitative estimate of drug-likeness (QED) is 0.825. The van der Waals surface area contributed by atoms with Crippen LogP contribution in [0.5, 0.6) is 11.5 Å². The molecule has 4 nitrogen and oxygen atoms in total. The van der Waals surface area contributed by atoms with Crippen LogP contribution in [0.15, 0.2) is 18.2 Å². The van der Waals surface area contributed by atoms with E-state index in [4.69, 9.17) is 9.47 Å². The van der Waals surface area contributed by atoms with E-state index in [9.17, 15) is 4.79 Å². The number of carbonyl (C=O) groups excluding carboxylic acids is 1. The van der Waals surface area contributed by atoms with Gasteiger partial charge in [-0.3, -0.25) is 4.79 Å². The first-order valence-corrected chi connectivity index (χ1v) is 6.36. The molecule has 1 spiro atoms. The van der Waals surface area contributed by atoms with Gasteiger partial charge in [0.05, 0.1) is 19.3 Å². The summed E-state index contributed by atoms with van der Waals surface area (Å²) >= 11 is 0. The molecular formula is C14H17NO3. The molecule has 1 atom stereocenters. The Morgan fingerprint density at radius 1 is 1.39 bits per heavy atom. The first kappa shape index (κ1) is 11.4. The molecule has 4 heteroatoms. The van der Waals surface area contributed by atoms with Crippen LogP contribution in [-0.4, -0.2) is 19.6 Å². The second-order valence-electron chi connectivity index (χ2n) is 4.94. The topological polar surface area (TPSA) is 47.6 Å². The first-order chi connectivity index (χ1) is 8.73. The van der Waals surface area contributed by atoms with Gasteiger partial charge in [0.1, 0.15) is 11.5 Å². The van der Waals surface area contributed by atoms with Crippen molar-refractivity contribution in [1.82, 2.24) is 5.32 Å². The van der Waals surface area contributed by atoms with E-state index in [0.717, 1.165) is 36.3 Å². The van der Waals surface area contributed by atoms with Gasteiger partial charge in [0.15, 0.2) is 0 Å². The maximum absolute atomic E-state index is 11.7. The molecule has 0 aliphatic carbocycles. The van der Waals surface area contributed by atoms with Crippen molar-refractivity contribution >= 4 is 5.91 Å². The molecule has 1 aromatic rings. The minimum Gasteiger partial charge on any atom is -0.497 e.